The van der Waals surface area contributed by atoms with Gasteiger partial charge >= 0.3 is 0 Å². The zero-order chi connectivity index (χ0) is 13.1. The minimum absolute atomic E-state index is 0.453. The average Bonchev–Trinajstić information content (AvgIpc) is 2.30. The van der Waals surface area contributed by atoms with Gasteiger partial charge in [0.05, 0.1) is 17.7 Å². The summed E-state index contributed by atoms with van der Waals surface area (Å²) in [6.07, 6.45) is 0. The molecule has 0 saturated heterocycles. The minimum atomic E-state index is -1.48. The predicted molar refractivity (Wildman–Crippen MR) is 66.1 cm³/mol. The molecule has 2 unspecified atom stereocenters. The van der Waals surface area contributed by atoms with Crippen molar-refractivity contribution in [2.45, 2.75) is 17.6 Å². The number of hydrogen-bond donors (Lipinski definition) is 2. The molecule has 0 aliphatic rings. The average molecular weight is 245 g/mol. The molecule has 17 heavy (non-hydrogen) atoms. The molecule has 0 aliphatic carbocycles. The zero-order valence-electron chi connectivity index (χ0n) is 9.21. The second-order valence-corrected chi connectivity index (χ2v) is 4.42. The number of nitriles is 2. The van der Waals surface area contributed by atoms with E-state index in [1.54, 1.807) is 31.2 Å². The van der Waals surface area contributed by atoms with Crippen LogP contribution in [-0.2, 0) is 10.2 Å². The summed E-state index contributed by atoms with van der Waals surface area (Å²) >= 11 is 4.17. The lowest BCUT2D eigenvalue weighted by atomic mass is 9.78. The van der Waals surface area contributed by atoms with Crippen molar-refractivity contribution in [2.24, 2.45) is 5.73 Å². The van der Waals surface area contributed by atoms with Crippen LogP contribution < -0.4 is 5.73 Å². The van der Waals surface area contributed by atoms with Gasteiger partial charge in [0.15, 0.2) is 5.41 Å². The molecule has 2 N–H and O–H groups in total. The Balaban J connectivity index is 3.39. The molecule has 1 rings (SSSR count). The summed E-state index contributed by atoms with van der Waals surface area (Å²) in [5, 5.41) is 17.4. The predicted octanol–water partition coefficient (Wildman–Crippen LogP) is 1.12. The Hall–Kier alpha value is -1.98. The van der Waals surface area contributed by atoms with E-state index in [9.17, 15) is 10.1 Å². The Morgan fingerprint density at radius 2 is 1.94 bits per heavy atom. The number of benzene rings is 1. The summed E-state index contributed by atoms with van der Waals surface area (Å²) in [6.45, 7) is 1.63. The molecule has 1 amide bonds. The molecule has 4 nitrogen and oxygen atoms in total. The van der Waals surface area contributed by atoms with E-state index in [-0.39, 0.29) is 0 Å². The van der Waals surface area contributed by atoms with E-state index in [2.05, 4.69) is 12.6 Å². The summed E-state index contributed by atoms with van der Waals surface area (Å²) in [4.78, 5) is 11.5. The summed E-state index contributed by atoms with van der Waals surface area (Å²) in [7, 11) is 0. The molecular weight excluding hydrogens is 234 g/mol. The normalized spacial score (nSPS) is 15.1. The van der Waals surface area contributed by atoms with Gasteiger partial charge in [0, 0.05) is 5.25 Å². The number of hydrogen-bond acceptors (Lipinski definition) is 4. The largest absolute Gasteiger partial charge is 0.368 e. The highest BCUT2D eigenvalue weighted by Gasteiger charge is 2.43. The lowest BCUT2D eigenvalue weighted by Gasteiger charge is -2.26. The van der Waals surface area contributed by atoms with E-state index in [4.69, 9.17) is 11.0 Å². The number of rotatable bonds is 3. The van der Waals surface area contributed by atoms with Gasteiger partial charge in [-0.2, -0.15) is 23.2 Å². The van der Waals surface area contributed by atoms with Crippen LogP contribution in [0.4, 0.5) is 0 Å². The highest BCUT2D eigenvalue weighted by Crippen LogP contribution is 2.30. The Bertz CT molecular complexity index is 510. The topological polar surface area (TPSA) is 90.7 Å². The number of nitrogens with zero attached hydrogens (tertiary/aromatic N) is 2. The second-order valence-electron chi connectivity index (χ2n) is 3.65. The minimum Gasteiger partial charge on any atom is -0.368 e. The van der Waals surface area contributed by atoms with E-state index in [0.717, 1.165) is 0 Å². The highest BCUT2D eigenvalue weighted by atomic mass is 32.1. The second kappa shape index (κ2) is 4.90. The molecule has 0 bridgehead atoms. The first-order valence-electron chi connectivity index (χ1n) is 4.89. The van der Waals surface area contributed by atoms with Crippen molar-refractivity contribution in [1.82, 2.24) is 0 Å². The molecule has 1 aromatic carbocycles. The molecule has 0 spiro atoms. The molecule has 1 aromatic rings. The van der Waals surface area contributed by atoms with Crippen molar-refractivity contribution < 1.29 is 4.79 Å². The first kappa shape index (κ1) is 13.1. The fraction of sp³-hybridized carbons (Fsp3) is 0.250. The molecule has 0 radical (unpaired) electrons. The summed E-state index contributed by atoms with van der Waals surface area (Å²) < 4.78 is 0. The first-order chi connectivity index (χ1) is 7.98. The van der Waals surface area contributed by atoms with E-state index < -0.39 is 16.6 Å². The Morgan fingerprint density at radius 1 is 1.41 bits per heavy atom. The van der Waals surface area contributed by atoms with Crippen LogP contribution in [0, 0.1) is 22.7 Å². The quantitative estimate of drug-likeness (QED) is 0.782. The van der Waals surface area contributed by atoms with Gasteiger partial charge in [0.2, 0.25) is 5.91 Å². The van der Waals surface area contributed by atoms with Gasteiger partial charge in [-0.15, -0.1) is 0 Å². The maximum atomic E-state index is 11.5. The van der Waals surface area contributed by atoms with Gasteiger partial charge < -0.3 is 5.73 Å². The molecule has 0 saturated carbocycles. The van der Waals surface area contributed by atoms with Crippen molar-refractivity contribution in [3.05, 3.63) is 35.4 Å². The van der Waals surface area contributed by atoms with Crippen LogP contribution in [0.5, 0.6) is 0 Å². The van der Waals surface area contributed by atoms with Crippen LogP contribution in [0.2, 0.25) is 0 Å². The SMILES string of the molecule is CC(S)C(C#N)(C(N)=O)c1ccc(C#N)cc1. The van der Waals surface area contributed by atoms with Crippen LogP contribution in [0.1, 0.15) is 18.1 Å². The first-order valence-corrected chi connectivity index (χ1v) is 5.40. The number of nitrogens with two attached hydrogens (primary N) is 1. The van der Waals surface area contributed by atoms with E-state index in [1.165, 1.54) is 0 Å². The van der Waals surface area contributed by atoms with Gasteiger partial charge in [-0.3, -0.25) is 4.79 Å². The lowest BCUT2D eigenvalue weighted by molar-refractivity contribution is -0.121. The van der Waals surface area contributed by atoms with Crippen LogP contribution >= 0.6 is 12.6 Å². The van der Waals surface area contributed by atoms with Crippen LogP contribution in [0.25, 0.3) is 0 Å². The van der Waals surface area contributed by atoms with Crippen molar-refractivity contribution in [1.29, 1.82) is 10.5 Å². The van der Waals surface area contributed by atoms with Crippen LogP contribution in [0.3, 0.4) is 0 Å². The van der Waals surface area contributed by atoms with E-state index in [1.807, 2.05) is 12.1 Å². The van der Waals surface area contributed by atoms with Gasteiger partial charge in [0.25, 0.3) is 0 Å². The smallest absolute Gasteiger partial charge is 0.243 e. The van der Waals surface area contributed by atoms with Crippen molar-refractivity contribution in [3.63, 3.8) is 0 Å². The molecule has 5 heteroatoms. The molecule has 86 valence electrons. The maximum Gasteiger partial charge on any atom is 0.243 e. The zero-order valence-corrected chi connectivity index (χ0v) is 10.1. The van der Waals surface area contributed by atoms with E-state index >= 15 is 0 Å². The molecule has 2 atom stereocenters. The molecule has 0 aromatic heterocycles. The summed E-state index contributed by atoms with van der Waals surface area (Å²) in [5.41, 5.74) is 4.74. The standard InChI is InChI=1S/C12H11N3OS/c1-8(17)12(7-14,11(15)16)10-4-2-9(6-13)3-5-10/h2-5,8,17H,1H3,(H2,15,16). The van der Waals surface area contributed by atoms with Gasteiger partial charge in [-0.25, -0.2) is 0 Å². The summed E-state index contributed by atoms with van der Waals surface area (Å²) in [6, 6.07) is 10.1. The summed E-state index contributed by atoms with van der Waals surface area (Å²) in [5.74, 6) is -0.743. The molecule has 0 aliphatic heterocycles. The number of amides is 1. The number of primary amides is 1. The Kier molecular flexibility index (Phi) is 3.77. The number of carbonyl (C=O) groups is 1. The number of thiol groups is 1. The van der Waals surface area contributed by atoms with Crippen LogP contribution in [-0.4, -0.2) is 11.2 Å². The van der Waals surface area contributed by atoms with Crippen molar-refractivity contribution in [3.8, 4) is 12.1 Å². The van der Waals surface area contributed by atoms with Crippen LogP contribution in [0.15, 0.2) is 24.3 Å². The molecular formula is C12H11N3OS. The Labute approximate surface area is 105 Å². The third kappa shape index (κ3) is 2.11. The Morgan fingerprint density at radius 3 is 2.24 bits per heavy atom. The fourth-order valence-electron chi connectivity index (χ4n) is 1.61. The van der Waals surface area contributed by atoms with Gasteiger partial charge in [0.1, 0.15) is 0 Å². The third-order valence-corrected chi connectivity index (χ3v) is 3.05. The molecule has 0 fully saturated rings. The van der Waals surface area contributed by atoms with Gasteiger partial charge in [-0.1, -0.05) is 19.1 Å². The third-order valence-electron chi connectivity index (χ3n) is 2.66. The monoisotopic (exact) mass is 245 g/mol. The van der Waals surface area contributed by atoms with Crippen molar-refractivity contribution >= 4 is 18.5 Å². The lowest BCUT2D eigenvalue weighted by Crippen LogP contribution is -2.46. The number of carbonyl (C=O) groups excluding carboxylic acids is 1. The van der Waals surface area contributed by atoms with E-state index in [0.29, 0.717) is 11.1 Å². The van der Waals surface area contributed by atoms with Gasteiger partial charge in [-0.05, 0) is 17.7 Å². The fourth-order valence-corrected chi connectivity index (χ4v) is 1.94. The highest BCUT2D eigenvalue weighted by molar-refractivity contribution is 7.81. The maximum absolute atomic E-state index is 11.5. The van der Waals surface area contributed by atoms with Crippen molar-refractivity contribution in [2.75, 3.05) is 0 Å². The molecule has 0 heterocycles.